The molecule has 3 rings (SSSR count). The third-order valence-corrected chi connectivity index (χ3v) is 3.79. The van der Waals surface area contributed by atoms with Gasteiger partial charge in [0.1, 0.15) is 0 Å². The molecule has 106 valence electrons. The zero-order chi connectivity index (χ0) is 13.9. The Hall–Kier alpha value is -1.88. The molecular formula is C15H19N3O2. The molecule has 1 aromatic carbocycles. The van der Waals surface area contributed by atoms with Gasteiger partial charge in [-0.15, -0.1) is 0 Å². The van der Waals surface area contributed by atoms with Gasteiger partial charge in [-0.1, -0.05) is 12.1 Å². The summed E-state index contributed by atoms with van der Waals surface area (Å²) >= 11 is 0. The van der Waals surface area contributed by atoms with Gasteiger partial charge in [0.15, 0.2) is 0 Å². The first kappa shape index (κ1) is 13.1. The van der Waals surface area contributed by atoms with E-state index in [0.29, 0.717) is 29.4 Å². The van der Waals surface area contributed by atoms with E-state index in [2.05, 4.69) is 10.3 Å². The van der Waals surface area contributed by atoms with Gasteiger partial charge >= 0.3 is 0 Å². The summed E-state index contributed by atoms with van der Waals surface area (Å²) in [5.41, 5.74) is 0.625. The first-order valence-corrected chi connectivity index (χ1v) is 7.05. The molecule has 1 unspecified atom stereocenters. The lowest BCUT2D eigenvalue weighted by Gasteiger charge is -2.22. The number of rotatable bonds is 3. The number of para-hydroxylation sites is 1. The molecule has 0 amide bonds. The van der Waals surface area contributed by atoms with Gasteiger partial charge in [-0.3, -0.25) is 9.36 Å². The maximum atomic E-state index is 12.2. The number of aromatic nitrogens is 2. The second-order valence-electron chi connectivity index (χ2n) is 5.30. The molecule has 1 atom stereocenters. The van der Waals surface area contributed by atoms with E-state index in [9.17, 15) is 4.79 Å². The van der Waals surface area contributed by atoms with Crippen LogP contribution in [0.2, 0.25) is 0 Å². The lowest BCUT2D eigenvalue weighted by Crippen LogP contribution is -2.33. The van der Waals surface area contributed by atoms with Crippen molar-refractivity contribution in [3.8, 4) is 6.01 Å². The van der Waals surface area contributed by atoms with Crippen molar-refractivity contribution < 1.29 is 4.74 Å². The van der Waals surface area contributed by atoms with Crippen LogP contribution >= 0.6 is 0 Å². The highest BCUT2D eigenvalue weighted by atomic mass is 16.5. The van der Waals surface area contributed by atoms with Gasteiger partial charge in [0, 0.05) is 19.5 Å². The average Bonchev–Trinajstić information content (AvgIpc) is 2.50. The first-order chi connectivity index (χ1) is 9.75. The van der Waals surface area contributed by atoms with Crippen LogP contribution in [0.25, 0.3) is 10.9 Å². The second kappa shape index (κ2) is 5.63. The Morgan fingerprint density at radius 1 is 1.45 bits per heavy atom. The van der Waals surface area contributed by atoms with Gasteiger partial charge in [-0.25, -0.2) is 0 Å². The number of nitrogens with one attached hydrogen (secondary N) is 1. The van der Waals surface area contributed by atoms with Gasteiger partial charge in [0.25, 0.3) is 11.6 Å². The smallest absolute Gasteiger partial charge is 0.299 e. The summed E-state index contributed by atoms with van der Waals surface area (Å²) in [6.07, 6.45) is 2.34. The van der Waals surface area contributed by atoms with Crippen molar-refractivity contribution in [1.29, 1.82) is 0 Å². The van der Waals surface area contributed by atoms with Gasteiger partial charge in [-0.05, 0) is 31.5 Å². The average molecular weight is 273 g/mol. The van der Waals surface area contributed by atoms with Crippen molar-refractivity contribution in [1.82, 2.24) is 14.9 Å². The maximum absolute atomic E-state index is 12.2. The largest absolute Gasteiger partial charge is 0.464 e. The van der Waals surface area contributed by atoms with Gasteiger partial charge in [-0.2, -0.15) is 4.98 Å². The molecule has 1 aliphatic heterocycles. The molecule has 0 bridgehead atoms. The Morgan fingerprint density at radius 3 is 3.10 bits per heavy atom. The van der Waals surface area contributed by atoms with Gasteiger partial charge in [0.05, 0.1) is 17.5 Å². The Labute approximate surface area is 117 Å². The predicted octanol–water partition coefficient (Wildman–Crippen LogP) is 1.31. The SMILES string of the molecule is Cn1c(OCC2CCCNC2)nc2ccccc2c1=O. The van der Waals surface area contributed by atoms with E-state index in [1.165, 1.54) is 11.0 Å². The Balaban J connectivity index is 1.84. The number of hydrogen-bond donors (Lipinski definition) is 1. The molecule has 1 N–H and O–H groups in total. The maximum Gasteiger partial charge on any atom is 0.299 e. The normalized spacial score (nSPS) is 19.1. The Bertz CT molecular complexity index is 660. The second-order valence-corrected chi connectivity index (χ2v) is 5.30. The summed E-state index contributed by atoms with van der Waals surface area (Å²) in [6.45, 7) is 2.66. The van der Waals surface area contributed by atoms with Crippen LogP contribution in [0.5, 0.6) is 6.01 Å². The minimum Gasteiger partial charge on any atom is -0.464 e. The molecular weight excluding hydrogens is 254 g/mol. The Kier molecular flexibility index (Phi) is 3.69. The van der Waals surface area contributed by atoms with Crippen LogP contribution in [0.1, 0.15) is 12.8 Å². The number of fused-ring (bicyclic) bond motifs is 1. The zero-order valence-corrected chi connectivity index (χ0v) is 11.6. The molecule has 5 heteroatoms. The highest BCUT2D eigenvalue weighted by Gasteiger charge is 2.15. The fraction of sp³-hybridized carbons (Fsp3) is 0.467. The molecule has 1 saturated heterocycles. The minimum absolute atomic E-state index is 0.0626. The van der Waals surface area contributed by atoms with Crippen LogP contribution < -0.4 is 15.6 Å². The van der Waals surface area contributed by atoms with E-state index >= 15 is 0 Å². The van der Waals surface area contributed by atoms with Crippen LogP contribution in [-0.4, -0.2) is 29.2 Å². The van der Waals surface area contributed by atoms with E-state index in [1.54, 1.807) is 13.1 Å². The highest BCUT2D eigenvalue weighted by Crippen LogP contribution is 2.15. The minimum atomic E-state index is -0.0626. The molecule has 0 radical (unpaired) electrons. The monoisotopic (exact) mass is 273 g/mol. The van der Waals surface area contributed by atoms with E-state index < -0.39 is 0 Å². The predicted molar refractivity (Wildman–Crippen MR) is 78.1 cm³/mol. The van der Waals surface area contributed by atoms with Gasteiger partial charge < -0.3 is 10.1 Å². The van der Waals surface area contributed by atoms with Gasteiger partial charge in [0.2, 0.25) is 0 Å². The van der Waals surface area contributed by atoms with Crippen LogP contribution in [0.15, 0.2) is 29.1 Å². The molecule has 1 aromatic heterocycles. The molecule has 1 aliphatic rings. The topological polar surface area (TPSA) is 56.1 Å². The number of hydrogen-bond acceptors (Lipinski definition) is 4. The van der Waals surface area contributed by atoms with Crippen molar-refractivity contribution in [2.24, 2.45) is 13.0 Å². The van der Waals surface area contributed by atoms with E-state index in [0.717, 1.165) is 19.5 Å². The van der Waals surface area contributed by atoms with E-state index in [4.69, 9.17) is 4.74 Å². The summed E-state index contributed by atoms with van der Waals surface area (Å²) < 4.78 is 7.26. The first-order valence-electron chi connectivity index (χ1n) is 7.05. The number of nitrogens with zero attached hydrogens (tertiary/aromatic N) is 2. The summed E-state index contributed by atoms with van der Waals surface area (Å²) in [5, 5.41) is 3.98. The summed E-state index contributed by atoms with van der Waals surface area (Å²) in [7, 11) is 1.70. The molecule has 2 heterocycles. The molecule has 0 aliphatic carbocycles. The van der Waals surface area contributed by atoms with Crippen molar-refractivity contribution in [2.45, 2.75) is 12.8 Å². The van der Waals surface area contributed by atoms with Crippen molar-refractivity contribution >= 4 is 10.9 Å². The van der Waals surface area contributed by atoms with Crippen LogP contribution in [0.4, 0.5) is 0 Å². The van der Waals surface area contributed by atoms with Crippen molar-refractivity contribution in [3.63, 3.8) is 0 Å². The number of benzene rings is 1. The molecule has 1 fully saturated rings. The van der Waals surface area contributed by atoms with Crippen molar-refractivity contribution in [2.75, 3.05) is 19.7 Å². The lowest BCUT2D eigenvalue weighted by atomic mass is 10.0. The van der Waals surface area contributed by atoms with E-state index in [1.807, 2.05) is 18.2 Å². The zero-order valence-electron chi connectivity index (χ0n) is 11.6. The summed E-state index contributed by atoms with van der Waals surface area (Å²) in [5.74, 6) is 0.493. The third-order valence-electron chi connectivity index (χ3n) is 3.79. The lowest BCUT2D eigenvalue weighted by molar-refractivity contribution is 0.198. The fourth-order valence-electron chi connectivity index (χ4n) is 2.59. The quantitative estimate of drug-likeness (QED) is 0.916. The number of ether oxygens (including phenoxy) is 1. The molecule has 0 saturated carbocycles. The molecule has 2 aromatic rings. The molecule has 5 nitrogen and oxygen atoms in total. The third kappa shape index (κ3) is 2.54. The standard InChI is InChI=1S/C15H19N3O2/c1-18-14(19)12-6-2-3-7-13(12)17-15(18)20-10-11-5-4-8-16-9-11/h2-3,6-7,11,16H,4-5,8-10H2,1H3. The van der Waals surface area contributed by atoms with Crippen LogP contribution in [0.3, 0.4) is 0 Å². The molecule has 0 spiro atoms. The number of piperidine rings is 1. The Morgan fingerprint density at radius 2 is 2.30 bits per heavy atom. The van der Waals surface area contributed by atoms with E-state index in [-0.39, 0.29) is 5.56 Å². The summed E-state index contributed by atoms with van der Waals surface area (Å²) in [6, 6.07) is 7.76. The van der Waals surface area contributed by atoms with Crippen LogP contribution in [-0.2, 0) is 7.05 Å². The van der Waals surface area contributed by atoms with Crippen molar-refractivity contribution in [3.05, 3.63) is 34.6 Å². The highest BCUT2D eigenvalue weighted by molar-refractivity contribution is 5.77. The fourth-order valence-corrected chi connectivity index (χ4v) is 2.59. The summed E-state index contributed by atoms with van der Waals surface area (Å²) in [4.78, 5) is 16.7. The van der Waals surface area contributed by atoms with Crippen LogP contribution in [0, 0.1) is 5.92 Å². The molecule has 20 heavy (non-hydrogen) atoms.